The number of amides is 1. The van der Waals surface area contributed by atoms with E-state index in [1.54, 1.807) is 6.07 Å². The van der Waals surface area contributed by atoms with Crippen molar-refractivity contribution in [3.05, 3.63) is 76.3 Å². The van der Waals surface area contributed by atoms with Crippen LogP contribution in [0.4, 0.5) is 0 Å². The second kappa shape index (κ2) is 7.07. The van der Waals surface area contributed by atoms with Crippen molar-refractivity contribution < 1.29 is 9.21 Å². The first-order valence-electron chi connectivity index (χ1n) is 8.81. The molecule has 0 aliphatic carbocycles. The molecular weight excluding hydrogens is 342 g/mol. The SMILES string of the molecule is Cc1ccccc1CCNC(=O)Cn1cnc2c(oc3ccccc32)c1=O. The highest BCUT2D eigenvalue weighted by Crippen LogP contribution is 2.23. The van der Waals surface area contributed by atoms with E-state index in [-0.39, 0.29) is 23.6 Å². The first kappa shape index (κ1) is 17.0. The van der Waals surface area contributed by atoms with E-state index in [4.69, 9.17) is 4.42 Å². The van der Waals surface area contributed by atoms with Crippen LogP contribution in [0.1, 0.15) is 11.1 Å². The number of fused-ring (bicyclic) bond motifs is 3. The number of aryl methyl sites for hydroxylation is 1. The highest BCUT2D eigenvalue weighted by Gasteiger charge is 2.14. The molecule has 0 aliphatic rings. The fraction of sp³-hybridized carbons (Fsp3) is 0.190. The zero-order chi connectivity index (χ0) is 18.8. The number of aromatic nitrogens is 2. The van der Waals surface area contributed by atoms with Crippen molar-refractivity contribution in [1.82, 2.24) is 14.9 Å². The third-order valence-electron chi connectivity index (χ3n) is 4.64. The number of carbonyl (C=O) groups is 1. The summed E-state index contributed by atoms with van der Waals surface area (Å²) in [5.74, 6) is -0.233. The third-order valence-corrected chi connectivity index (χ3v) is 4.64. The van der Waals surface area contributed by atoms with Crippen LogP contribution < -0.4 is 10.9 Å². The first-order chi connectivity index (χ1) is 13.1. The number of hydrogen-bond donors (Lipinski definition) is 1. The van der Waals surface area contributed by atoms with Crippen LogP contribution in [0.3, 0.4) is 0 Å². The van der Waals surface area contributed by atoms with Crippen LogP contribution in [-0.2, 0) is 17.8 Å². The van der Waals surface area contributed by atoms with E-state index >= 15 is 0 Å². The largest absolute Gasteiger partial charge is 0.448 e. The molecule has 1 amide bonds. The van der Waals surface area contributed by atoms with Crippen LogP contribution in [0.5, 0.6) is 0 Å². The van der Waals surface area contributed by atoms with Gasteiger partial charge in [0.05, 0.1) is 6.33 Å². The smallest absolute Gasteiger partial charge is 0.297 e. The summed E-state index contributed by atoms with van der Waals surface area (Å²) in [4.78, 5) is 29.2. The Balaban J connectivity index is 1.47. The standard InChI is InChI=1S/C21H19N3O3/c1-14-6-2-3-7-15(14)10-11-22-18(25)12-24-13-23-19-16-8-4-5-9-17(16)27-20(19)21(24)26/h2-9,13H,10-12H2,1H3,(H,22,25). The predicted molar refractivity (Wildman–Crippen MR) is 104 cm³/mol. The Kier molecular flexibility index (Phi) is 4.46. The second-order valence-corrected chi connectivity index (χ2v) is 6.48. The summed E-state index contributed by atoms with van der Waals surface area (Å²) in [7, 11) is 0. The van der Waals surface area contributed by atoms with Gasteiger partial charge in [0, 0.05) is 11.9 Å². The summed E-state index contributed by atoms with van der Waals surface area (Å²) in [6, 6.07) is 15.4. The Labute approximate surface area is 155 Å². The van der Waals surface area contributed by atoms with Crippen LogP contribution in [0.2, 0.25) is 0 Å². The third kappa shape index (κ3) is 3.33. The molecule has 0 unspecified atom stereocenters. The van der Waals surface area contributed by atoms with Gasteiger partial charge < -0.3 is 9.73 Å². The van der Waals surface area contributed by atoms with Crippen molar-refractivity contribution in [1.29, 1.82) is 0 Å². The van der Waals surface area contributed by atoms with E-state index in [2.05, 4.69) is 10.3 Å². The Morgan fingerprint density at radius 3 is 2.78 bits per heavy atom. The van der Waals surface area contributed by atoms with Gasteiger partial charge in [-0.1, -0.05) is 36.4 Å². The predicted octanol–water partition coefficient (Wildman–Crippen LogP) is 2.81. The van der Waals surface area contributed by atoms with E-state index in [9.17, 15) is 9.59 Å². The zero-order valence-corrected chi connectivity index (χ0v) is 14.9. The molecule has 2 aromatic heterocycles. The minimum atomic E-state index is -0.356. The summed E-state index contributed by atoms with van der Waals surface area (Å²) in [6.45, 7) is 2.47. The molecule has 4 aromatic rings. The maximum absolute atomic E-state index is 12.6. The van der Waals surface area contributed by atoms with E-state index in [1.807, 2.05) is 49.4 Å². The van der Waals surface area contributed by atoms with Gasteiger partial charge in [0.1, 0.15) is 17.6 Å². The molecule has 0 radical (unpaired) electrons. The Morgan fingerprint density at radius 2 is 1.93 bits per heavy atom. The van der Waals surface area contributed by atoms with Crippen molar-refractivity contribution in [2.45, 2.75) is 19.9 Å². The summed E-state index contributed by atoms with van der Waals surface area (Å²) < 4.78 is 6.90. The second-order valence-electron chi connectivity index (χ2n) is 6.48. The van der Waals surface area contributed by atoms with Gasteiger partial charge >= 0.3 is 0 Å². The lowest BCUT2D eigenvalue weighted by molar-refractivity contribution is -0.121. The molecule has 2 aromatic carbocycles. The van der Waals surface area contributed by atoms with Gasteiger partial charge in [0.2, 0.25) is 11.5 Å². The average molecular weight is 361 g/mol. The van der Waals surface area contributed by atoms with Gasteiger partial charge in [-0.3, -0.25) is 14.2 Å². The lowest BCUT2D eigenvalue weighted by atomic mass is 10.1. The Bertz CT molecular complexity index is 1190. The van der Waals surface area contributed by atoms with Crippen LogP contribution in [-0.4, -0.2) is 22.0 Å². The average Bonchev–Trinajstić information content (AvgIpc) is 3.05. The molecular formula is C21H19N3O3. The highest BCUT2D eigenvalue weighted by molar-refractivity contribution is 6.01. The van der Waals surface area contributed by atoms with Gasteiger partial charge in [-0.2, -0.15) is 0 Å². The molecule has 0 spiro atoms. The number of para-hydroxylation sites is 1. The van der Waals surface area contributed by atoms with Gasteiger partial charge in [0.15, 0.2) is 0 Å². The summed E-state index contributed by atoms with van der Waals surface area (Å²) in [5.41, 5.74) is 3.34. The molecule has 0 fully saturated rings. The lowest BCUT2D eigenvalue weighted by Crippen LogP contribution is -2.33. The van der Waals surface area contributed by atoms with E-state index < -0.39 is 0 Å². The van der Waals surface area contributed by atoms with E-state index in [1.165, 1.54) is 22.0 Å². The molecule has 6 heteroatoms. The Hall–Kier alpha value is -3.41. The van der Waals surface area contributed by atoms with Crippen molar-refractivity contribution in [3.63, 3.8) is 0 Å². The summed E-state index contributed by atoms with van der Waals surface area (Å²) >= 11 is 0. The van der Waals surface area contributed by atoms with Gasteiger partial charge in [-0.25, -0.2) is 4.98 Å². The molecule has 27 heavy (non-hydrogen) atoms. The van der Waals surface area contributed by atoms with Gasteiger partial charge in [0.25, 0.3) is 5.56 Å². The summed E-state index contributed by atoms with van der Waals surface area (Å²) in [6.07, 6.45) is 2.14. The molecule has 136 valence electrons. The van der Waals surface area contributed by atoms with Gasteiger partial charge in [-0.15, -0.1) is 0 Å². The Morgan fingerprint density at radius 1 is 1.15 bits per heavy atom. The van der Waals surface area contributed by atoms with Crippen molar-refractivity contribution in [2.75, 3.05) is 6.54 Å². The molecule has 1 N–H and O–H groups in total. The van der Waals surface area contributed by atoms with Crippen LogP contribution in [0.15, 0.2) is 64.1 Å². The monoisotopic (exact) mass is 361 g/mol. The molecule has 0 saturated heterocycles. The highest BCUT2D eigenvalue weighted by atomic mass is 16.3. The van der Waals surface area contributed by atoms with Crippen LogP contribution >= 0.6 is 0 Å². The molecule has 0 atom stereocenters. The quantitative estimate of drug-likeness (QED) is 0.593. The maximum atomic E-state index is 12.6. The number of nitrogens with one attached hydrogen (secondary N) is 1. The minimum absolute atomic E-state index is 0.0907. The number of rotatable bonds is 5. The van der Waals surface area contributed by atoms with E-state index in [0.717, 1.165) is 11.8 Å². The fourth-order valence-corrected chi connectivity index (χ4v) is 3.17. The van der Waals surface area contributed by atoms with E-state index in [0.29, 0.717) is 17.6 Å². The first-order valence-corrected chi connectivity index (χ1v) is 8.81. The number of benzene rings is 2. The number of furan rings is 1. The normalized spacial score (nSPS) is 11.1. The van der Waals surface area contributed by atoms with Crippen LogP contribution in [0.25, 0.3) is 22.1 Å². The topological polar surface area (TPSA) is 77.1 Å². The molecule has 0 bridgehead atoms. The number of hydrogen-bond acceptors (Lipinski definition) is 4. The van der Waals surface area contributed by atoms with Crippen LogP contribution in [0, 0.1) is 6.92 Å². The molecule has 0 saturated carbocycles. The van der Waals surface area contributed by atoms with Gasteiger partial charge in [-0.05, 0) is 36.6 Å². The lowest BCUT2D eigenvalue weighted by Gasteiger charge is -2.08. The fourth-order valence-electron chi connectivity index (χ4n) is 3.17. The maximum Gasteiger partial charge on any atom is 0.297 e. The van der Waals surface area contributed by atoms with Crippen molar-refractivity contribution in [3.8, 4) is 0 Å². The number of nitrogens with zero attached hydrogens (tertiary/aromatic N) is 2. The minimum Gasteiger partial charge on any atom is -0.448 e. The zero-order valence-electron chi connectivity index (χ0n) is 14.9. The van der Waals surface area contributed by atoms with Crippen molar-refractivity contribution in [2.24, 2.45) is 0 Å². The molecule has 2 heterocycles. The number of carbonyl (C=O) groups excluding carboxylic acids is 1. The van der Waals surface area contributed by atoms with Crippen molar-refractivity contribution >= 4 is 28.0 Å². The summed E-state index contributed by atoms with van der Waals surface area (Å²) in [5, 5.41) is 3.64. The molecule has 6 nitrogen and oxygen atoms in total. The molecule has 0 aliphatic heterocycles. The molecule has 4 rings (SSSR count).